The van der Waals surface area contributed by atoms with Crippen LogP contribution in [0.4, 0.5) is 5.13 Å². The highest BCUT2D eigenvalue weighted by Gasteiger charge is 2.42. The number of carbonyl (C=O) groups is 2. The zero-order valence-electron chi connectivity index (χ0n) is 21.9. The van der Waals surface area contributed by atoms with E-state index in [0.29, 0.717) is 41.8 Å². The number of hydrogen-bond acceptors (Lipinski definition) is 9. The third kappa shape index (κ3) is 6.72. The first kappa shape index (κ1) is 27.8. The summed E-state index contributed by atoms with van der Waals surface area (Å²) in [6.07, 6.45) is 7.64. The van der Waals surface area contributed by atoms with Crippen LogP contribution in [0.5, 0.6) is 0 Å². The number of nitrogens with one attached hydrogen (secondary N) is 2. The Morgan fingerprint density at radius 2 is 2.00 bits per heavy atom. The molecule has 13 heteroatoms. The van der Waals surface area contributed by atoms with Gasteiger partial charge in [0.15, 0.2) is 16.9 Å². The number of hydrogen-bond donors (Lipinski definition) is 3. The quantitative estimate of drug-likeness (QED) is 0.210. The largest absolute Gasteiger partial charge is 0.389 e. The number of likely N-dealkylation sites (tertiary alicyclic amines) is 1. The van der Waals surface area contributed by atoms with Gasteiger partial charge in [-0.3, -0.25) is 24.4 Å². The lowest BCUT2D eigenvalue weighted by molar-refractivity contribution is -0.111. The van der Waals surface area contributed by atoms with Crippen molar-refractivity contribution in [3.63, 3.8) is 0 Å². The number of anilines is 1. The van der Waals surface area contributed by atoms with E-state index >= 15 is 0 Å². The molecule has 5 rings (SSSR count). The summed E-state index contributed by atoms with van der Waals surface area (Å²) in [4.78, 5) is 37.7. The Balaban J connectivity index is 1.27. The minimum atomic E-state index is -3.93. The Hall–Kier alpha value is -2.71. The molecule has 0 unspecified atom stereocenters. The summed E-state index contributed by atoms with van der Waals surface area (Å²) >= 11 is 1.39. The second-order valence-electron chi connectivity index (χ2n) is 10.5. The average molecular weight is 578 g/mol. The molecular formula is C26H35N5O6S2. The molecule has 2 saturated heterocycles. The van der Waals surface area contributed by atoms with Gasteiger partial charge in [-0.05, 0) is 37.8 Å². The first-order valence-corrected chi connectivity index (χ1v) is 16.4. The van der Waals surface area contributed by atoms with E-state index in [4.69, 9.17) is 9.57 Å². The SMILES string of the molecule is CS(=O)(O)(c1ccc(/C(=N\O[C@@H]2CCOC2)C(=O)Nc2ncc(CN3CCC(NC=O)CC3)s2)cc1)C1CC1. The number of ether oxygens (including phenoxy) is 1. The normalized spacial score (nSPS) is 22.2. The molecule has 11 nitrogen and oxygen atoms in total. The molecular weight excluding hydrogens is 542 g/mol. The average Bonchev–Trinajstić information content (AvgIpc) is 3.52. The second kappa shape index (κ2) is 11.4. The van der Waals surface area contributed by atoms with Gasteiger partial charge in [0.1, 0.15) is 0 Å². The standard InChI is InChI=1S/C26H35N5O6S2/c1-39(34,35,23-6-7-23)22-4-2-18(3-5-22)24(30-37-20-10-13-36-16-20)25(33)29-26-27-14-21(38-26)15-31-11-8-19(9-12-31)28-17-32/h2-5,14,17,19-20,23H,6-13,15-16H2,1H3,(H,28,32)(H,34,35)(H,27,29,33)/b30-24+/t20-/m1/s1. The molecule has 1 aromatic carbocycles. The second-order valence-corrected chi connectivity index (χ2v) is 15.5. The van der Waals surface area contributed by atoms with Gasteiger partial charge >= 0.3 is 0 Å². The highest BCUT2D eigenvalue weighted by atomic mass is 32.3. The fourth-order valence-electron chi connectivity index (χ4n) is 4.88. The molecule has 2 aromatic rings. The van der Waals surface area contributed by atoms with Crippen LogP contribution in [0.1, 0.15) is 42.5 Å². The molecule has 2 aliphatic heterocycles. The van der Waals surface area contributed by atoms with Crippen molar-refractivity contribution in [1.29, 1.82) is 0 Å². The maximum Gasteiger partial charge on any atom is 0.280 e. The molecule has 212 valence electrons. The van der Waals surface area contributed by atoms with Crippen LogP contribution in [-0.2, 0) is 35.1 Å². The van der Waals surface area contributed by atoms with Crippen molar-refractivity contribution in [3.8, 4) is 0 Å². The van der Waals surface area contributed by atoms with Crippen LogP contribution >= 0.6 is 11.3 Å². The number of oxime groups is 1. The molecule has 39 heavy (non-hydrogen) atoms. The molecule has 0 bridgehead atoms. The first-order chi connectivity index (χ1) is 18.7. The van der Waals surface area contributed by atoms with Crippen molar-refractivity contribution < 1.29 is 27.9 Å². The molecule has 3 aliphatic rings. The molecule has 3 fully saturated rings. The lowest BCUT2D eigenvalue weighted by atomic mass is 10.1. The summed E-state index contributed by atoms with van der Waals surface area (Å²) in [5.41, 5.74) is 0.525. The number of nitrogens with zero attached hydrogens (tertiary/aromatic N) is 3. The fraction of sp³-hybridized carbons (Fsp3) is 0.538. The lowest BCUT2D eigenvalue weighted by Gasteiger charge is -2.39. The van der Waals surface area contributed by atoms with Gasteiger partial charge in [-0.25, -0.2) is 9.19 Å². The minimum Gasteiger partial charge on any atom is -0.389 e. The van der Waals surface area contributed by atoms with E-state index in [1.165, 1.54) is 17.6 Å². The minimum absolute atomic E-state index is 0.0546. The number of amides is 2. The molecule has 2 amide bonds. The summed E-state index contributed by atoms with van der Waals surface area (Å²) < 4.78 is 29.5. The van der Waals surface area contributed by atoms with E-state index in [9.17, 15) is 18.4 Å². The van der Waals surface area contributed by atoms with Crippen molar-refractivity contribution >= 4 is 43.8 Å². The molecule has 1 saturated carbocycles. The van der Waals surface area contributed by atoms with Gasteiger partial charge in [-0.15, -0.1) is 11.3 Å². The number of piperidine rings is 1. The van der Waals surface area contributed by atoms with Gasteiger partial charge in [0, 0.05) is 60.2 Å². The third-order valence-electron chi connectivity index (χ3n) is 7.45. The summed E-state index contributed by atoms with van der Waals surface area (Å²) in [5.74, 6) is -0.483. The number of rotatable bonds is 11. The maximum absolute atomic E-state index is 13.3. The van der Waals surface area contributed by atoms with Crippen molar-refractivity contribution in [3.05, 3.63) is 40.9 Å². The summed E-state index contributed by atoms with van der Waals surface area (Å²) in [7, 11) is -3.93. The Bertz CT molecular complexity index is 1270. The van der Waals surface area contributed by atoms with E-state index in [0.717, 1.165) is 50.1 Å². The topological polar surface area (TPSA) is 142 Å². The van der Waals surface area contributed by atoms with Crippen LogP contribution in [0.2, 0.25) is 0 Å². The predicted octanol–water partition coefficient (Wildman–Crippen LogP) is 2.45. The Kier molecular flexibility index (Phi) is 8.15. The number of carbonyl (C=O) groups excluding carboxylic acids is 2. The fourth-order valence-corrected chi connectivity index (χ4v) is 8.16. The van der Waals surface area contributed by atoms with Gasteiger partial charge in [0.05, 0.1) is 18.1 Å². The summed E-state index contributed by atoms with van der Waals surface area (Å²) in [5, 5.41) is 10.1. The molecule has 3 N–H and O–H groups in total. The van der Waals surface area contributed by atoms with Crippen LogP contribution in [0.15, 0.2) is 40.5 Å². The zero-order valence-corrected chi connectivity index (χ0v) is 23.5. The molecule has 0 radical (unpaired) electrons. The van der Waals surface area contributed by atoms with E-state index in [1.54, 1.807) is 30.5 Å². The van der Waals surface area contributed by atoms with Crippen LogP contribution < -0.4 is 10.6 Å². The van der Waals surface area contributed by atoms with Crippen LogP contribution in [0, 0.1) is 0 Å². The van der Waals surface area contributed by atoms with Gasteiger partial charge in [-0.2, -0.15) is 9.35 Å². The van der Waals surface area contributed by atoms with Crippen molar-refractivity contribution in [2.24, 2.45) is 5.16 Å². The van der Waals surface area contributed by atoms with Crippen molar-refractivity contribution in [2.45, 2.75) is 60.9 Å². The molecule has 3 heterocycles. The predicted molar refractivity (Wildman–Crippen MR) is 150 cm³/mol. The van der Waals surface area contributed by atoms with E-state index in [2.05, 4.69) is 25.7 Å². The van der Waals surface area contributed by atoms with E-state index in [-0.39, 0.29) is 23.1 Å². The highest BCUT2D eigenvalue weighted by molar-refractivity contribution is 8.15. The van der Waals surface area contributed by atoms with Crippen molar-refractivity contribution in [1.82, 2.24) is 15.2 Å². The third-order valence-corrected chi connectivity index (χ3v) is 11.8. The van der Waals surface area contributed by atoms with E-state index < -0.39 is 15.3 Å². The zero-order chi connectivity index (χ0) is 27.5. The van der Waals surface area contributed by atoms with Crippen LogP contribution in [0.25, 0.3) is 0 Å². The van der Waals surface area contributed by atoms with Crippen LogP contribution in [0.3, 0.4) is 0 Å². The van der Waals surface area contributed by atoms with Crippen LogP contribution in [-0.4, -0.2) is 86.6 Å². The maximum atomic E-state index is 13.3. The molecule has 1 atom stereocenters. The van der Waals surface area contributed by atoms with Gasteiger partial charge in [-0.1, -0.05) is 17.3 Å². The van der Waals surface area contributed by atoms with Crippen molar-refractivity contribution in [2.75, 3.05) is 37.9 Å². The Morgan fingerprint density at radius 3 is 2.64 bits per heavy atom. The number of thiazole rings is 1. The molecule has 0 spiro atoms. The smallest absolute Gasteiger partial charge is 0.280 e. The molecule has 1 aromatic heterocycles. The van der Waals surface area contributed by atoms with Gasteiger partial charge in [0.25, 0.3) is 5.91 Å². The van der Waals surface area contributed by atoms with Gasteiger partial charge < -0.3 is 14.9 Å². The summed E-state index contributed by atoms with van der Waals surface area (Å²) in [6.45, 7) is 3.45. The van der Waals surface area contributed by atoms with Gasteiger partial charge in [0.2, 0.25) is 6.41 Å². The highest BCUT2D eigenvalue weighted by Crippen LogP contribution is 2.46. The molecule has 1 aliphatic carbocycles. The number of benzene rings is 1. The lowest BCUT2D eigenvalue weighted by Crippen LogP contribution is -2.41. The first-order valence-electron chi connectivity index (χ1n) is 13.2. The Morgan fingerprint density at radius 1 is 1.26 bits per heavy atom. The Labute approximate surface area is 231 Å². The summed E-state index contributed by atoms with van der Waals surface area (Å²) in [6, 6.07) is 6.68. The monoisotopic (exact) mass is 577 g/mol. The number of aromatic nitrogens is 1. The van der Waals surface area contributed by atoms with E-state index in [1.807, 2.05) is 0 Å².